The highest BCUT2D eigenvalue weighted by Gasteiger charge is 2.51. The zero-order valence-electron chi connectivity index (χ0n) is 15.0. The minimum Gasteiger partial charge on any atom is -0.375 e. The first kappa shape index (κ1) is 19.5. The molecule has 8 nitrogen and oxygen atoms in total. The van der Waals surface area contributed by atoms with E-state index in [0.29, 0.717) is 23.8 Å². The third-order valence-corrected chi connectivity index (χ3v) is 7.64. The largest absolute Gasteiger partial charge is 0.375 e. The lowest BCUT2D eigenvalue weighted by atomic mass is 9.86. The second-order valence-corrected chi connectivity index (χ2v) is 9.29. The molecule has 0 radical (unpaired) electrons. The number of carbonyl (C=O) groups excluding carboxylic acids is 1. The third kappa shape index (κ3) is 3.07. The molecule has 2 fully saturated rings. The van der Waals surface area contributed by atoms with E-state index in [-0.39, 0.29) is 42.1 Å². The smallest absolute Gasteiger partial charge is 0.252 e. The van der Waals surface area contributed by atoms with Crippen LogP contribution in [0.3, 0.4) is 0 Å². The van der Waals surface area contributed by atoms with Crippen LogP contribution in [0.15, 0.2) is 35.5 Å². The molecule has 0 aliphatic carbocycles. The minimum absolute atomic E-state index is 0.0344. The quantitative estimate of drug-likeness (QED) is 0.786. The summed E-state index contributed by atoms with van der Waals surface area (Å²) in [6.07, 6.45) is 3.44. The maximum absolute atomic E-state index is 13.4. The number of sulfonamides is 1. The van der Waals surface area contributed by atoms with Gasteiger partial charge in [-0.3, -0.25) is 9.78 Å². The van der Waals surface area contributed by atoms with E-state index in [4.69, 9.17) is 26.8 Å². The fourth-order valence-electron chi connectivity index (χ4n) is 3.97. The number of hydrogen-bond donors (Lipinski definition) is 1. The van der Waals surface area contributed by atoms with Gasteiger partial charge in [0, 0.05) is 42.2 Å². The number of benzene rings is 1. The van der Waals surface area contributed by atoms with Crippen LogP contribution in [0.25, 0.3) is 10.8 Å². The van der Waals surface area contributed by atoms with E-state index >= 15 is 0 Å². The van der Waals surface area contributed by atoms with Crippen molar-refractivity contribution < 1.29 is 22.7 Å². The number of nitrogens with zero attached hydrogens (tertiary/aromatic N) is 2. The summed E-state index contributed by atoms with van der Waals surface area (Å²) < 4.78 is 39.2. The summed E-state index contributed by atoms with van der Waals surface area (Å²) in [5.41, 5.74) is 4.30. The molecule has 2 aliphatic heterocycles. The van der Waals surface area contributed by atoms with E-state index < -0.39 is 21.5 Å². The number of halogens is 1. The summed E-state index contributed by atoms with van der Waals surface area (Å²) in [6, 6.07) is 4.94. The number of rotatable bonds is 4. The molecular weight excluding hydrogens is 406 g/mol. The molecule has 0 bridgehead atoms. The number of amides is 1. The van der Waals surface area contributed by atoms with Crippen LogP contribution >= 0.6 is 11.6 Å². The highest BCUT2D eigenvalue weighted by Crippen LogP contribution is 2.37. The number of aromatic nitrogens is 1. The first-order valence-electron chi connectivity index (χ1n) is 8.90. The molecule has 2 aliphatic rings. The van der Waals surface area contributed by atoms with Gasteiger partial charge in [0.1, 0.15) is 0 Å². The van der Waals surface area contributed by atoms with Crippen LogP contribution in [0.4, 0.5) is 0 Å². The van der Waals surface area contributed by atoms with E-state index in [2.05, 4.69) is 4.98 Å². The van der Waals surface area contributed by atoms with Gasteiger partial charge in [-0.1, -0.05) is 23.7 Å². The summed E-state index contributed by atoms with van der Waals surface area (Å²) in [6.45, 7) is 1.04. The number of carbonyl (C=O) groups is 1. The summed E-state index contributed by atoms with van der Waals surface area (Å²) >= 11 is 6.25. The molecule has 28 heavy (non-hydrogen) atoms. The maximum Gasteiger partial charge on any atom is 0.252 e. The van der Waals surface area contributed by atoms with Crippen LogP contribution in [0.5, 0.6) is 0 Å². The van der Waals surface area contributed by atoms with Gasteiger partial charge in [0.15, 0.2) is 5.60 Å². The molecule has 1 amide bonds. The molecule has 1 aromatic heterocycles. The van der Waals surface area contributed by atoms with E-state index in [1.54, 1.807) is 18.3 Å². The normalized spacial score (nSPS) is 26.5. The third-order valence-electron chi connectivity index (χ3n) is 5.45. The molecule has 0 spiro atoms. The molecule has 2 atom stereocenters. The minimum atomic E-state index is -3.84. The summed E-state index contributed by atoms with van der Waals surface area (Å²) in [5.74, 6) is -1.01. The fraction of sp³-hybridized carbons (Fsp3) is 0.444. The van der Waals surface area contributed by atoms with Crippen LogP contribution in [0.2, 0.25) is 5.02 Å². The maximum atomic E-state index is 13.4. The fourth-order valence-corrected chi connectivity index (χ4v) is 6.03. The number of pyridine rings is 1. The van der Waals surface area contributed by atoms with E-state index in [1.165, 1.54) is 16.6 Å². The lowest BCUT2D eigenvalue weighted by Gasteiger charge is -2.38. The summed E-state index contributed by atoms with van der Waals surface area (Å²) in [4.78, 5) is 16.3. The number of primary amides is 1. The summed E-state index contributed by atoms with van der Waals surface area (Å²) in [7, 11) is -3.84. The Balaban J connectivity index is 1.68. The Labute approximate surface area is 167 Å². The van der Waals surface area contributed by atoms with Crippen LogP contribution in [0.1, 0.15) is 6.42 Å². The Bertz CT molecular complexity index is 1020. The molecule has 2 saturated heterocycles. The van der Waals surface area contributed by atoms with E-state index in [0.717, 1.165) is 0 Å². The second kappa shape index (κ2) is 7.23. The van der Waals surface area contributed by atoms with Crippen molar-refractivity contribution in [2.45, 2.75) is 16.9 Å². The van der Waals surface area contributed by atoms with Gasteiger partial charge < -0.3 is 15.2 Å². The Morgan fingerprint density at radius 2 is 2.14 bits per heavy atom. The Kier molecular flexibility index (Phi) is 5.05. The Hall–Kier alpha value is -1.78. The zero-order chi connectivity index (χ0) is 19.9. The average Bonchev–Trinajstić information content (AvgIpc) is 3.20. The lowest BCUT2D eigenvalue weighted by molar-refractivity contribution is -0.189. The highest BCUT2D eigenvalue weighted by atomic mass is 35.5. The SMILES string of the molecule is NC(=O)C1([C@@H]2CCN(S(=O)(=O)c3cccc4cncc(Cl)c34)C2)COCCO1. The standard InChI is InChI=1S/C18H20ClN3O5S/c19-14-9-21-8-12-2-1-3-15(16(12)14)28(24,25)22-5-4-13(10-22)18(17(20)23)11-26-6-7-27-18/h1-3,8-9,13H,4-7,10-11H2,(H2,20,23)/t13-,18?/m1/s1. The lowest BCUT2D eigenvalue weighted by Crippen LogP contribution is -2.58. The van der Waals surface area contributed by atoms with Crippen molar-refractivity contribution in [2.75, 3.05) is 32.9 Å². The van der Waals surface area contributed by atoms with Crippen LogP contribution < -0.4 is 5.73 Å². The number of ether oxygens (including phenoxy) is 2. The Morgan fingerprint density at radius 3 is 2.86 bits per heavy atom. The Morgan fingerprint density at radius 1 is 1.32 bits per heavy atom. The number of hydrogen-bond acceptors (Lipinski definition) is 6. The molecule has 2 aromatic rings. The topological polar surface area (TPSA) is 112 Å². The highest BCUT2D eigenvalue weighted by molar-refractivity contribution is 7.89. The van der Waals surface area contributed by atoms with Crippen molar-refractivity contribution in [2.24, 2.45) is 11.7 Å². The van der Waals surface area contributed by atoms with Crippen molar-refractivity contribution >= 4 is 38.3 Å². The predicted molar refractivity (Wildman–Crippen MR) is 102 cm³/mol. The van der Waals surface area contributed by atoms with Crippen molar-refractivity contribution in [1.29, 1.82) is 0 Å². The van der Waals surface area contributed by atoms with Gasteiger partial charge in [-0.2, -0.15) is 4.31 Å². The molecule has 2 N–H and O–H groups in total. The molecule has 10 heteroatoms. The first-order valence-corrected chi connectivity index (χ1v) is 10.7. The molecule has 1 unspecified atom stereocenters. The molecular formula is C18H20ClN3O5S. The van der Waals surface area contributed by atoms with Gasteiger partial charge in [0.25, 0.3) is 5.91 Å². The van der Waals surface area contributed by atoms with Gasteiger partial charge in [-0.05, 0) is 12.5 Å². The van der Waals surface area contributed by atoms with Gasteiger partial charge in [-0.15, -0.1) is 0 Å². The molecule has 4 rings (SSSR count). The molecule has 1 aromatic carbocycles. The molecule has 150 valence electrons. The van der Waals surface area contributed by atoms with E-state index in [9.17, 15) is 13.2 Å². The van der Waals surface area contributed by atoms with Gasteiger partial charge in [0.05, 0.1) is 29.7 Å². The van der Waals surface area contributed by atoms with Crippen molar-refractivity contribution in [3.63, 3.8) is 0 Å². The first-order chi connectivity index (χ1) is 13.4. The van der Waals surface area contributed by atoms with Crippen LogP contribution in [-0.4, -0.2) is 62.1 Å². The van der Waals surface area contributed by atoms with Crippen molar-refractivity contribution in [3.05, 3.63) is 35.6 Å². The summed E-state index contributed by atoms with van der Waals surface area (Å²) in [5, 5.41) is 1.34. The average molecular weight is 426 g/mol. The predicted octanol–water partition coefficient (Wildman–Crippen LogP) is 1.17. The number of nitrogens with two attached hydrogens (primary N) is 1. The van der Waals surface area contributed by atoms with Gasteiger partial charge in [-0.25, -0.2) is 8.42 Å². The van der Waals surface area contributed by atoms with E-state index in [1.807, 2.05) is 0 Å². The van der Waals surface area contributed by atoms with Crippen LogP contribution in [-0.2, 0) is 24.3 Å². The van der Waals surface area contributed by atoms with Crippen molar-refractivity contribution in [1.82, 2.24) is 9.29 Å². The molecule has 3 heterocycles. The zero-order valence-corrected chi connectivity index (χ0v) is 16.6. The van der Waals surface area contributed by atoms with Crippen LogP contribution in [0, 0.1) is 5.92 Å². The second-order valence-electron chi connectivity index (χ2n) is 6.98. The molecule has 0 saturated carbocycles. The number of fused-ring (bicyclic) bond motifs is 1. The monoisotopic (exact) mass is 425 g/mol. The van der Waals surface area contributed by atoms with Gasteiger partial charge in [0.2, 0.25) is 10.0 Å². The van der Waals surface area contributed by atoms with Gasteiger partial charge >= 0.3 is 0 Å². The van der Waals surface area contributed by atoms with Crippen molar-refractivity contribution in [3.8, 4) is 0 Å².